The third kappa shape index (κ3) is 5.32. The molecule has 0 atom stereocenters. The van der Waals surface area contributed by atoms with Gasteiger partial charge in [-0.1, -0.05) is 27.7 Å². The number of halogens is 2. The molecular weight excluding hydrogens is 360 g/mol. The minimum absolute atomic E-state index is 0.0804. The summed E-state index contributed by atoms with van der Waals surface area (Å²) in [6, 6.07) is 0. The Morgan fingerprint density at radius 1 is 1.33 bits per heavy atom. The van der Waals surface area contributed by atoms with E-state index in [0.29, 0.717) is 23.4 Å². The summed E-state index contributed by atoms with van der Waals surface area (Å²) in [5, 5.41) is 12.5. The van der Waals surface area contributed by atoms with Gasteiger partial charge in [0.05, 0.1) is 4.47 Å². The summed E-state index contributed by atoms with van der Waals surface area (Å²) in [4.78, 5) is 19.7. The molecule has 1 N–H and O–H groups in total. The Morgan fingerprint density at radius 2 is 1.90 bits per heavy atom. The van der Waals surface area contributed by atoms with E-state index in [4.69, 9.17) is 11.6 Å². The summed E-state index contributed by atoms with van der Waals surface area (Å²) in [7, 11) is 0. The highest BCUT2D eigenvalue weighted by molar-refractivity contribution is 9.10. The molecule has 21 heavy (non-hydrogen) atoms. The van der Waals surface area contributed by atoms with Crippen LogP contribution in [0, 0.1) is 11.8 Å². The summed E-state index contributed by atoms with van der Waals surface area (Å²) in [5.41, 5.74) is 0. The average molecular weight is 380 g/mol. The number of carboxylic acid groups (broad SMARTS) is 1. The van der Waals surface area contributed by atoms with Crippen LogP contribution < -0.4 is 5.01 Å². The number of hydrogen-bond acceptors (Lipinski definition) is 4. The fraction of sp³-hybridized carbons (Fsp3) is 0.615. The molecule has 0 saturated carbocycles. The molecule has 118 valence electrons. The topological polar surface area (TPSA) is 69.6 Å². The lowest BCUT2D eigenvalue weighted by Crippen LogP contribution is -2.50. The molecule has 1 amide bonds. The molecule has 6 nitrogen and oxygen atoms in total. The first kappa shape index (κ1) is 18.0. The van der Waals surface area contributed by atoms with Crippen LogP contribution in [0.5, 0.6) is 0 Å². The van der Waals surface area contributed by atoms with Crippen LogP contribution in [0.15, 0.2) is 10.7 Å². The predicted molar refractivity (Wildman–Crippen MR) is 86.5 cm³/mol. The second-order valence-electron chi connectivity index (χ2n) is 5.55. The van der Waals surface area contributed by atoms with Gasteiger partial charge < -0.3 is 5.11 Å². The van der Waals surface area contributed by atoms with E-state index in [1.165, 1.54) is 11.2 Å². The Labute approximate surface area is 138 Å². The Hall–Kier alpha value is -1.08. The zero-order chi connectivity index (χ0) is 16.2. The fourth-order valence-electron chi connectivity index (χ4n) is 1.79. The lowest BCUT2D eigenvalue weighted by atomic mass is 10.2. The Bertz CT molecular complexity index is 499. The van der Waals surface area contributed by atoms with Gasteiger partial charge in [0.25, 0.3) is 0 Å². The Kier molecular flexibility index (Phi) is 6.67. The summed E-state index contributed by atoms with van der Waals surface area (Å²) >= 11 is 9.21. The van der Waals surface area contributed by atoms with E-state index in [1.807, 2.05) is 27.7 Å². The zero-order valence-corrected chi connectivity index (χ0v) is 14.9. The van der Waals surface area contributed by atoms with Gasteiger partial charge in [-0.3, -0.25) is 5.01 Å². The molecule has 8 heteroatoms. The normalized spacial score (nSPS) is 11.0. The SMILES string of the molecule is CC(C)CN(C(=O)O)N(CC(C)C)c1nc(Cl)ncc1Br. The molecule has 0 aliphatic heterocycles. The number of anilines is 1. The van der Waals surface area contributed by atoms with Crippen LogP contribution >= 0.6 is 27.5 Å². The van der Waals surface area contributed by atoms with Crippen molar-refractivity contribution in [2.45, 2.75) is 27.7 Å². The van der Waals surface area contributed by atoms with Crippen LogP contribution in [0.2, 0.25) is 5.28 Å². The Balaban J connectivity index is 3.25. The monoisotopic (exact) mass is 378 g/mol. The highest BCUT2D eigenvalue weighted by Gasteiger charge is 2.26. The number of aromatic nitrogens is 2. The number of hydrazine groups is 1. The van der Waals surface area contributed by atoms with Crippen molar-refractivity contribution >= 4 is 39.4 Å². The van der Waals surface area contributed by atoms with Gasteiger partial charge in [-0.05, 0) is 39.4 Å². The van der Waals surface area contributed by atoms with Crippen LogP contribution in [0.3, 0.4) is 0 Å². The first-order valence-corrected chi connectivity index (χ1v) is 7.85. The average Bonchev–Trinajstić information content (AvgIpc) is 2.36. The summed E-state index contributed by atoms with van der Waals surface area (Å²) in [5.74, 6) is 0.887. The van der Waals surface area contributed by atoms with E-state index < -0.39 is 6.09 Å². The molecule has 1 aromatic rings. The molecule has 0 aliphatic carbocycles. The largest absolute Gasteiger partial charge is 0.464 e. The molecule has 0 aliphatic rings. The number of hydrogen-bond donors (Lipinski definition) is 1. The van der Waals surface area contributed by atoms with Crippen LogP contribution in [0.25, 0.3) is 0 Å². The first-order valence-electron chi connectivity index (χ1n) is 6.68. The van der Waals surface area contributed by atoms with E-state index in [2.05, 4.69) is 25.9 Å². The van der Waals surface area contributed by atoms with Gasteiger partial charge in [-0.2, -0.15) is 4.98 Å². The van der Waals surface area contributed by atoms with Crippen LogP contribution in [0.1, 0.15) is 27.7 Å². The molecule has 1 aromatic heterocycles. The second-order valence-corrected chi connectivity index (χ2v) is 6.74. The number of nitrogens with zero attached hydrogens (tertiary/aromatic N) is 4. The maximum atomic E-state index is 11.6. The molecule has 0 fully saturated rings. The van der Waals surface area contributed by atoms with Gasteiger partial charge in [0, 0.05) is 19.3 Å². The van der Waals surface area contributed by atoms with Gasteiger partial charge in [-0.15, -0.1) is 0 Å². The molecule has 1 heterocycles. The third-order valence-corrected chi connectivity index (χ3v) is 3.27. The maximum absolute atomic E-state index is 11.6. The van der Waals surface area contributed by atoms with Crippen molar-refractivity contribution in [1.82, 2.24) is 15.0 Å². The van der Waals surface area contributed by atoms with E-state index in [9.17, 15) is 9.90 Å². The molecule has 0 saturated heterocycles. The van der Waals surface area contributed by atoms with Crippen molar-refractivity contribution < 1.29 is 9.90 Å². The minimum atomic E-state index is -1.02. The standard InChI is InChI=1S/C13H20BrClN4O2/c1-8(2)6-18(19(13(20)21)7-9(3)4)11-10(14)5-16-12(15)17-11/h5,8-9H,6-7H2,1-4H3,(H,20,21). The molecule has 0 aromatic carbocycles. The fourth-order valence-corrected chi connectivity index (χ4v) is 2.31. The molecule has 0 unspecified atom stereocenters. The highest BCUT2D eigenvalue weighted by Crippen LogP contribution is 2.27. The molecule has 0 bridgehead atoms. The van der Waals surface area contributed by atoms with Crippen LogP contribution in [0.4, 0.5) is 10.6 Å². The minimum Gasteiger partial charge on any atom is -0.464 e. The summed E-state index contributed by atoms with van der Waals surface area (Å²) in [6.07, 6.45) is 0.499. The van der Waals surface area contributed by atoms with E-state index >= 15 is 0 Å². The lowest BCUT2D eigenvalue weighted by Gasteiger charge is -2.36. The smallest absolute Gasteiger partial charge is 0.426 e. The van der Waals surface area contributed by atoms with Crippen molar-refractivity contribution in [1.29, 1.82) is 0 Å². The number of amides is 1. The second kappa shape index (κ2) is 7.79. The van der Waals surface area contributed by atoms with Crippen molar-refractivity contribution in [3.05, 3.63) is 16.0 Å². The molecule has 1 rings (SSSR count). The van der Waals surface area contributed by atoms with Gasteiger partial charge >= 0.3 is 6.09 Å². The van der Waals surface area contributed by atoms with Gasteiger partial charge in [-0.25, -0.2) is 14.8 Å². The lowest BCUT2D eigenvalue weighted by molar-refractivity contribution is 0.130. The van der Waals surface area contributed by atoms with Crippen molar-refractivity contribution in [3.63, 3.8) is 0 Å². The number of carbonyl (C=O) groups is 1. The summed E-state index contributed by atoms with van der Waals surface area (Å²) in [6.45, 7) is 8.83. The first-order chi connectivity index (χ1) is 9.72. The van der Waals surface area contributed by atoms with Crippen LogP contribution in [-0.4, -0.2) is 39.3 Å². The number of rotatable bonds is 6. The maximum Gasteiger partial charge on any atom is 0.426 e. The quantitative estimate of drug-likeness (QED) is 0.599. The molecular formula is C13H20BrClN4O2. The summed E-state index contributed by atoms with van der Waals surface area (Å²) < 4.78 is 0.600. The predicted octanol–water partition coefficient (Wildman–Crippen LogP) is 3.91. The van der Waals surface area contributed by atoms with E-state index in [-0.39, 0.29) is 17.1 Å². The zero-order valence-electron chi connectivity index (χ0n) is 12.5. The van der Waals surface area contributed by atoms with Crippen molar-refractivity contribution in [2.75, 3.05) is 18.1 Å². The third-order valence-electron chi connectivity index (χ3n) is 2.53. The molecule has 0 radical (unpaired) electrons. The molecule has 0 spiro atoms. The van der Waals surface area contributed by atoms with Crippen LogP contribution in [-0.2, 0) is 0 Å². The van der Waals surface area contributed by atoms with E-state index in [0.717, 1.165) is 0 Å². The van der Waals surface area contributed by atoms with Gasteiger partial charge in [0.2, 0.25) is 5.28 Å². The highest BCUT2D eigenvalue weighted by atomic mass is 79.9. The van der Waals surface area contributed by atoms with Crippen molar-refractivity contribution in [3.8, 4) is 0 Å². The van der Waals surface area contributed by atoms with Crippen molar-refractivity contribution in [2.24, 2.45) is 11.8 Å². The van der Waals surface area contributed by atoms with Gasteiger partial charge in [0.15, 0.2) is 5.82 Å². The van der Waals surface area contributed by atoms with Gasteiger partial charge in [0.1, 0.15) is 0 Å². The van der Waals surface area contributed by atoms with E-state index in [1.54, 1.807) is 5.01 Å². The Morgan fingerprint density at radius 3 is 2.38 bits per heavy atom.